The van der Waals surface area contributed by atoms with Crippen LogP contribution in [-0.2, 0) is 4.79 Å². The Balaban J connectivity index is 1.85. The van der Waals surface area contributed by atoms with Crippen molar-refractivity contribution in [2.24, 2.45) is 0 Å². The van der Waals surface area contributed by atoms with Crippen molar-refractivity contribution < 1.29 is 14.8 Å². The lowest BCUT2D eigenvalue weighted by molar-refractivity contribution is -0.384. The van der Waals surface area contributed by atoms with Crippen molar-refractivity contribution in [1.82, 2.24) is 5.32 Å². The van der Waals surface area contributed by atoms with E-state index in [0.29, 0.717) is 5.56 Å². The lowest BCUT2D eigenvalue weighted by atomic mass is 10.0. The zero-order valence-corrected chi connectivity index (χ0v) is 11.6. The summed E-state index contributed by atoms with van der Waals surface area (Å²) in [5.41, 5.74) is -0.0491. The molecule has 1 saturated carbocycles. The highest BCUT2D eigenvalue weighted by atomic mass is 16.6. The first-order valence-corrected chi connectivity index (χ1v) is 6.91. The number of nitrogens with one attached hydrogen (secondary N) is 1. The predicted molar refractivity (Wildman–Crippen MR) is 78.6 cm³/mol. The molecule has 1 aromatic rings. The van der Waals surface area contributed by atoms with Gasteiger partial charge in [-0.25, -0.2) is 0 Å². The number of carbonyl (C=O) groups excluding carboxylic acids is 1. The monoisotopic (exact) mass is 290 g/mol. The van der Waals surface area contributed by atoms with Crippen molar-refractivity contribution >= 4 is 17.7 Å². The second-order valence-electron chi connectivity index (χ2n) is 5.33. The number of nitro groups is 1. The van der Waals surface area contributed by atoms with Gasteiger partial charge >= 0.3 is 0 Å². The summed E-state index contributed by atoms with van der Waals surface area (Å²) in [7, 11) is 0. The lowest BCUT2D eigenvalue weighted by Crippen LogP contribution is -2.40. The van der Waals surface area contributed by atoms with Crippen LogP contribution in [0.3, 0.4) is 0 Å². The van der Waals surface area contributed by atoms with Gasteiger partial charge in [0, 0.05) is 24.8 Å². The van der Waals surface area contributed by atoms with Crippen LogP contribution in [0.2, 0.25) is 0 Å². The van der Waals surface area contributed by atoms with Gasteiger partial charge in [-0.1, -0.05) is 12.8 Å². The van der Waals surface area contributed by atoms with Gasteiger partial charge in [-0.15, -0.1) is 0 Å². The SMILES string of the molecule is O=C(C=Cc1ccc([N+](=O)[O-])cc1)NCC1(O)CCCC1. The summed E-state index contributed by atoms with van der Waals surface area (Å²) >= 11 is 0. The Morgan fingerprint density at radius 1 is 1.33 bits per heavy atom. The zero-order valence-electron chi connectivity index (χ0n) is 11.6. The Morgan fingerprint density at radius 3 is 2.52 bits per heavy atom. The number of nitrogens with zero attached hydrogens (tertiary/aromatic N) is 1. The van der Waals surface area contributed by atoms with Crippen LogP contribution in [-0.4, -0.2) is 28.1 Å². The first kappa shape index (κ1) is 15.2. The van der Waals surface area contributed by atoms with E-state index in [-0.39, 0.29) is 18.1 Å². The molecule has 1 aromatic carbocycles. The third kappa shape index (κ3) is 4.39. The van der Waals surface area contributed by atoms with E-state index >= 15 is 0 Å². The Hall–Kier alpha value is -2.21. The molecule has 0 heterocycles. The third-order valence-electron chi connectivity index (χ3n) is 3.66. The molecule has 1 fully saturated rings. The molecule has 6 nitrogen and oxygen atoms in total. The van der Waals surface area contributed by atoms with Gasteiger partial charge in [0.15, 0.2) is 0 Å². The average molecular weight is 290 g/mol. The van der Waals surface area contributed by atoms with E-state index in [1.165, 1.54) is 18.2 Å². The van der Waals surface area contributed by atoms with E-state index < -0.39 is 10.5 Å². The molecule has 2 N–H and O–H groups in total. The van der Waals surface area contributed by atoms with Gasteiger partial charge in [-0.05, 0) is 36.6 Å². The maximum Gasteiger partial charge on any atom is 0.269 e. The van der Waals surface area contributed by atoms with Gasteiger partial charge in [-0.2, -0.15) is 0 Å². The smallest absolute Gasteiger partial charge is 0.269 e. The van der Waals surface area contributed by atoms with Gasteiger partial charge < -0.3 is 10.4 Å². The molecule has 1 amide bonds. The van der Waals surface area contributed by atoms with Crippen LogP contribution in [0.1, 0.15) is 31.2 Å². The lowest BCUT2D eigenvalue weighted by Gasteiger charge is -2.21. The number of hydrogen-bond donors (Lipinski definition) is 2. The first-order valence-electron chi connectivity index (χ1n) is 6.91. The third-order valence-corrected chi connectivity index (χ3v) is 3.66. The summed E-state index contributed by atoms with van der Waals surface area (Å²) in [6.45, 7) is 0.260. The van der Waals surface area contributed by atoms with Gasteiger partial charge in [0.2, 0.25) is 5.91 Å². The van der Waals surface area contributed by atoms with E-state index in [4.69, 9.17) is 0 Å². The Kier molecular flexibility index (Phi) is 4.70. The van der Waals surface area contributed by atoms with E-state index in [0.717, 1.165) is 25.7 Å². The van der Waals surface area contributed by atoms with Crippen LogP contribution in [0.15, 0.2) is 30.3 Å². The number of non-ortho nitro benzene ring substituents is 1. The molecule has 0 saturated heterocycles. The van der Waals surface area contributed by atoms with Gasteiger partial charge in [-0.3, -0.25) is 14.9 Å². The molecule has 0 atom stereocenters. The summed E-state index contributed by atoms with van der Waals surface area (Å²) < 4.78 is 0. The van der Waals surface area contributed by atoms with Gasteiger partial charge in [0.25, 0.3) is 5.69 Å². The molecule has 1 aliphatic rings. The topological polar surface area (TPSA) is 92.5 Å². The second-order valence-corrected chi connectivity index (χ2v) is 5.33. The van der Waals surface area contributed by atoms with Gasteiger partial charge in [0.1, 0.15) is 0 Å². The molecule has 2 rings (SSSR count). The van der Waals surface area contributed by atoms with Crippen molar-refractivity contribution in [2.75, 3.05) is 6.54 Å². The summed E-state index contributed by atoms with van der Waals surface area (Å²) in [5.74, 6) is -0.284. The minimum atomic E-state index is -0.767. The molecule has 112 valence electrons. The Morgan fingerprint density at radius 2 is 1.95 bits per heavy atom. The zero-order chi connectivity index (χ0) is 15.3. The minimum absolute atomic E-state index is 0.0139. The van der Waals surface area contributed by atoms with Crippen molar-refractivity contribution in [2.45, 2.75) is 31.3 Å². The van der Waals surface area contributed by atoms with Crippen molar-refractivity contribution in [3.63, 3.8) is 0 Å². The van der Waals surface area contributed by atoms with Gasteiger partial charge in [0.05, 0.1) is 10.5 Å². The highest BCUT2D eigenvalue weighted by molar-refractivity contribution is 5.91. The number of nitro benzene ring substituents is 1. The fraction of sp³-hybridized carbons (Fsp3) is 0.400. The van der Waals surface area contributed by atoms with Crippen LogP contribution in [0.25, 0.3) is 6.08 Å². The Labute approximate surface area is 122 Å². The fourth-order valence-electron chi connectivity index (χ4n) is 2.40. The van der Waals surface area contributed by atoms with Crippen molar-refractivity contribution in [1.29, 1.82) is 0 Å². The number of hydrogen-bond acceptors (Lipinski definition) is 4. The first-order chi connectivity index (χ1) is 9.98. The highest BCUT2D eigenvalue weighted by Crippen LogP contribution is 2.28. The molecule has 6 heteroatoms. The standard InChI is InChI=1S/C15H18N2O4/c18-14(16-11-15(19)9-1-2-10-15)8-5-12-3-6-13(7-4-12)17(20)21/h3-8,19H,1-2,9-11H2,(H,16,18). The van der Waals surface area contributed by atoms with Crippen LogP contribution >= 0.6 is 0 Å². The molecular weight excluding hydrogens is 272 g/mol. The van der Waals surface area contributed by atoms with E-state index in [9.17, 15) is 20.0 Å². The summed E-state index contributed by atoms with van der Waals surface area (Å²) in [5, 5.41) is 23.3. The largest absolute Gasteiger partial charge is 0.388 e. The Bertz CT molecular complexity index is 545. The van der Waals surface area contributed by atoms with Crippen molar-refractivity contribution in [3.8, 4) is 0 Å². The quantitative estimate of drug-likeness (QED) is 0.493. The molecule has 0 radical (unpaired) electrons. The number of carbonyl (C=O) groups is 1. The van der Waals surface area contributed by atoms with Crippen LogP contribution in [0.4, 0.5) is 5.69 Å². The van der Waals surface area contributed by atoms with Crippen LogP contribution in [0, 0.1) is 10.1 Å². The minimum Gasteiger partial charge on any atom is -0.388 e. The molecule has 0 unspecified atom stereocenters. The van der Waals surface area contributed by atoms with Crippen molar-refractivity contribution in [3.05, 3.63) is 46.0 Å². The second kappa shape index (κ2) is 6.49. The van der Waals surface area contributed by atoms with E-state index in [1.807, 2.05) is 0 Å². The average Bonchev–Trinajstić information content (AvgIpc) is 2.91. The molecule has 0 aromatic heterocycles. The summed E-state index contributed by atoms with van der Waals surface area (Å²) in [4.78, 5) is 21.7. The normalized spacial score (nSPS) is 17.0. The van der Waals surface area contributed by atoms with E-state index in [2.05, 4.69) is 5.32 Å². The summed E-state index contributed by atoms with van der Waals surface area (Å²) in [6, 6.07) is 5.93. The molecule has 0 aliphatic heterocycles. The maximum atomic E-state index is 11.7. The summed E-state index contributed by atoms with van der Waals surface area (Å²) in [6.07, 6.45) is 6.37. The molecular formula is C15H18N2O4. The predicted octanol–water partition coefficient (Wildman–Crippen LogP) is 2.03. The number of benzene rings is 1. The van der Waals surface area contributed by atoms with E-state index in [1.54, 1.807) is 18.2 Å². The number of amides is 1. The molecule has 0 spiro atoms. The fourth-order valence-corrected chi connectivity index (χ4v) is 2.40. The number of rotatable bonds is 5. The van der Waals surface area contributed by atoms with Crippen LogP contribution in [0.5, 0.6) is 0 Å². The molecule has 21 heavy (non-hydrogen) atoms. The molecule has 1 aliphatic carbocycles. The highest BCUT2D eigenvalue weighted by Gasteiger charge is 2.30. The number of aliphatic hydroxyl groups is 1. The maximum absolute atomic E-state index is 11.7. The van der Waals surface area contributed by atoms with Crippen LogP contribution < -0.4 is 5.32 Å². The molecule has 0 bridgehead atoms.